The second-order valence-electron chi connectivity index (χ2n) is 3.23. The van der Waals surface area contributed by atoms with Crippen molar-refractivity contribution >= 4 is 15.9 Å². The highest BCUT2D eigenvalue weighted by molar-refractivity contribution is 9.10. The molecule has 0 fully saturated rings. The van der Waals surface area contributed by atoms with Crippen LogP contribution in [0.2, 0.25) is 0 Å². The van der Waals surface area contributed by atoms with Crippen molar-refractivity contribution < 1.29 is 4.74 Å². The molecule has 2 aromatic rings. The van der Waals surface area contributed by atoms with Gasteiger partial charge < -0.3 is 4.74 Å². The molecule has 3 nitrogen and oxygen atoms in total. The zero-order valence-electron chi connectivity index (χ0n) is 8.64. The quantitative estimate of drug-likeness (QED) is 0.863. The molecule has 1 heterocycles. The highest BCUT2D eigenvalue weighted by Crippen LogP contribution is 2.09. The molecule has 0 aliphatic carbocycles. The van der Waals surface area contributed by atoms with Crippen molar-refractivity contribution in [1.29, 1.82) is 0 Å². The molecular formula is C12H11BrN2O. The van der Waals surface area contributed by atoms with Crippen LogP contribution in [0.4, 0.5) is 0 Å². The van der Waals surface area contributed by atoms with Gasteiger partial charge in [-0.15, -0.1) is 0 Å². The summed E-state index contributed by atoms with van der Waals surface area (Å²) in [6.45, 7) is 0.589. The SMILES string of the molecule is Brc1cnc(CCOc2ccccc2)nc1. The maximum absolute atomic E-state index is 5.55. The molecule has 2 rings (SSSR count). The molecule has 0 spiro atoms. The van der Waals surface area contributed by atoms with E-state index in [1.807, 2.05) is 30.3 Å². The Morgan fingerprint density at radius 3 is 2.44 bits per heavy atom. The molecule has 0 atom stereocenters. The van der Waals surface area contributed by atoms with Gasteiger partial charge in [-0.1, -0.05) is 18.2 Å². The maximum atomic E-state index is 5.55. The van der Waals surface area contributed by atoms with Gasteiger partial charge in [-0.3, -0.25) is 0 Å². The van der Waals surface area contributed by atoms with Crippen LogP contribution in [0.3, 0.4) is 0 Å². The molecule has 82 valence electrons. The maximum Gasteiger partial charge on any atom is 0.131 e. The van der Waals surface area contributed by atoms with Crippen molar-refractivity contribution in [1.82, 2.24) is 9.97 Å². The van der Waals surface area contributed by atoms with Crippen LogP contribution in [0.5, 0.6) is 5.75 Å². The average Bonchev–Trinajstić information content (AvgIpc) is 2.33. The lowest BCUT2D eigenvalue weighted by molar-refractivity contribution is 0.319. The van der Waals surface area contributed by atoms with Crippen molar-refractivity contribution in [2.45, 2.75) is 6.42 Å². The van der Waals surface area contributed by atoms with Crippen molar-refractivity contribution in [2.24, 2.45) is 0 Å². The molecule has 16 heavy (non-hydrogen) atoms. The third-order valence-electron chi connectivity index (χ3n) is 2.01. The summed E-state index contributed by atoms with van der Waals surface area (Å²) < 4.78 is 6.44. The van der Waals surface area contributed by atoms with E-state index in [4.69, 9.17) is 4.74 Å². The molecule has 0 bridgehead atoms. The van der Waals surface area contributed by atoms with Gasteiger partial charge in [0, 0.05) is 18.8 Å². The molecule has 0 radical (unpaired) electrons. The van der Waals surface area contributed by atoms with Crippen LogP contribution in [0.15, 0.2) is 47.2 Å². The second kappa shape index (κ2) is 5.61. The van der Waals surface area contributed by atoms with Crippen LogP contribution < -0.4 is 4.74 Å². The summed E-state index contributed by atoms with van der Waals surface area (Å²) in [5, 5.41) is 0. The molecular weight excluding hydrogens is 268 g/mol. The summed E-state index contributed by atoms with van der Waals surface area (Å²) in [7, 11) is 0. The van der Waals surface area contributed by atoms with Gasteiger partial charge in [-0.25, -0.2) is 9.97 Å². The standard InChI is InChI=1S/C12H11BrN2O/c13-10-8-14-12(15-9-10)6-7-16-11-4-2-1-3-5-11/h1-5,8-9H,6-7H2. The zero-order valence-corrected chi connectivity index (χ0v) is 10.2. The number of ether oxygens (including phenoxy) is 1. The molecule has 1 aromatic heterocycles. The van der Waals surface area contributed by atoms with Gasteiger partial charge in [-0.2, -0.15) is 0 Å². The topological polar surface area (TPSA) is 35.0 Å². The van der Waals surface area contributed by atoms with E-state index in [9.17, 15) is 0 Å². The van der Waals surface area contributed by atoms with Crippen LogP contribution >= 0.6 is 15.9 Å². The van der Waals surface area contributed by atoms with E-state index >= 15 is 0 Å². The summed E-state index contributed by atoms with van der Waals surface area (Å²) in [6, 6.07) is 9.73. The molecule has 0 saturated carbocycles. The highest BCUT2D eigenvalue weighted by atomic mass is 79.9. The van der Waals surface area contributed by atoms with Gasteiger partial charge in [0.25, 0.3) is 0 Å². The van der Waals surface area contributed by atoms with E-state index in [1.54, 1.807) is 12.4 Å². The molecule has 0 aliphatic rings. The summed E-state index contributed by atoms with van der Waals surface area (Å²) in [5.41, 5.74) is 0. The normalized spacial score (nSPS) is 10.1. The first-order chi connectivity index (χ1) is 7.84. The van der Waals surface area contributed by atoms with Crippen LogP contribution in [0, 0.1) is 0 Å². The number of benzene rings is 1. The number of hydrogen-bond donors (Lipinski definition) is 0. The monoisotopic (exact) mass is 278 g/mol. The third-order valence-corrected chi connectivity index (χ3v) is 2.42. The first kappa shape index (κ1) is 11.1. The van der Waals surface area contributed by atoms with E-state index < -0.39 is 0 Å². The first-order valence-corrected chi connectivity index (χ1v) is 5.78. The van der Waals surface area contributed by atoms with Gasteiger partial charge in [-0.05, 0) is 28.1 Å². The molecule has 0 amide bonds. The lowest BCUT2D eigenvalue weighted by Crippen LogP contribution is -2.04. The zero-order chi connectivity index (χ0) is 11.2. The lowest BCUT2D eigenvalue weighted by atomic mass is 10.3. The number of rotatable bonds is 4. The van der Waals surface area contributed by atoms with Gasteiger partial charge in [0.05, 0.1) is 11.1 Å². The molecule has 0 N–H and O–H groups in total. The number of nitrogens with zero attached hydrogens (tertiary/aromatic N) is 2. The summed E-state index contributed by atoms with van der Waals surface area (Å²) in [4.78, 5) is 8.34. The van der Waals surface area contributed by atoms with Crippen molar-refractivity contribution in [2.75, 3.05) is 6.61 Å². The van der Waals surface area contributed by atoms with Gasteiger partial charge >= 0.3 is 0 Å². The van der Waals surface area contributed by atoms with E-state index in [0.717, 1.165) is 16.0 Å². The Balaban J connectivity index is 1.82. The van der Waals surface area contributed by atoms with E-state index in [1.165, 1.54) is 0 Å². The second-order valence-corrected chi connectivity index (χ2v) is 4.14. The predicted molar refractivity (Wildman–Crippen MR) is 65.4 cm³/mol. The van der Waals surface area contributed by atoms with Gasteiger partial charge in [0.15, 0.2) is 0 Å². The fraction of sp³-hybridized carbons (Fsp3) is 0.167. The largest absolute Gasteiger partial charge is 0.493 e. The summed E-state index contributed by atoms with van der Waals surface area (Å²) in [6.07, 6.45) is 4.19. The van der Waals surface area contributed by atoms with Crippen molar-refractivity contribution in [3.63, 3.8) is 0 Å². The average molecular weight is 279 g/mol. The van der Waals surface area contributed by atoms with Gasteiger partial charge in [0.2, 0.25) is 0 Å². The van der Waals surface area contributed by atoms with Crippen LogP contribution in [-0.4, -0.2) is 16.6 Å². The van der Waals surface area contributed by atoms with E-state index in [-0.39, 0.29) is 0 Å². The Morgan fingerprint density at radius 1 is 1.06 bits per heavy atom. The number of hydrogen-bond acceptors (Lipinski definition) is 3. The molecule has 0 aliphatic heterocycles. The number of aromatic nitrogens is 2. The fourth-order valence-corrected chi connectivity index (χ4v) is 1.45. The molecule has 0 unspecified atom stereocenters. The van der Waals surface area contributed by atoms with Crippen molar-refractivity contribution in [3.05, 3.63) is 53.0 Å². The third kappa shape index (κ3) is 3.31. The van der Waals surface area contributed by atoms with Crippen LogP contribution in [0.1, 0.15) is 5.82 Å². The smallest absolute Gasteiger partial charge is 0.131 e. The minimum absolute atomic E-state index is 0.589. The highest BCUT2D eigenvalue weighted by Gasteiger charge is 1.97. The Bertz CT molecular complexity index is 431. The molecule has 4 heteroatoms. The Labute approximate surface area is 103 Å². The van der Waals surface area contributed by atoms with E-state index in [2.05, 4.69) is 25.9 Å². The minimum Gasteiger partial charge on any atom is -0.493 e. The fourth-order valence-electron chi connectivity index (χ4n) is 1.25. The molecule has 1 aromatic carbocycles. The van der Waals surface area contributed by atoms with Crippen molar-refractivity contribution in [3.8, 4) is 5.75 Å². The predicted octanol–water partition coefficient (Wildman–Crippen LogP) is 2.86. The Hall–Kier alpha value is -1.42. The van der Waals surface area contributed by atoms with Crippen LogP contribution in [-0.2, 0) is 6.42 Å². The first-order valence-electron chi connectivity index (χ1n) is 4.99. The van der Waals surface area contributed by atoms with Gasteiger partial charge in [0.1, 0.15) is 11.6 Å². The number of para-hydroxylation sites is 1. The van der Waals surface area contributed by atoms with E-state index in [0.29, 0.717) is 13.0 Å². The molecule has 0 saturated heterocycles. The lowest BCUT2D eigenvalue weighted by Gasteiger charge is -2.04. The Kier molecular flexibility index (Phi) is 3.88. The summed E-state index contributed by atoms with van der Waals surface area (Å²) in [5.74, 6) is 1.67. The van der Waals surface area contributed by atoms with Crippen LogP contribution in [0.25, 0.3) is 0 Å². The number of halogens is 1. The Morgan fingerprint density at radius 2 is 1.75 bits per heavy atom. The minimum atomic E-state index is 0.589. The summed E-state index contributed by atoms with van der Waals surface area (Å²) >= 11 is 3.29.